The summed E-state index contributed by atoms with van der Waals surface area (Å²) in [4.78, 5) is 15.1. The summed E-state index contributed by atoms with van der Waals surface area (Å²) in [5.74, 6) is 0.218. The van der Waals surface area contributed by atoms with Crippen LogP contribution in [-0.4, -0.2) is 15.3 Å². The Labute approximate surface area is 70.7 Å². The number of hydrogen-bond acceptors (Lipinski definition) is 2. The largest absolute Gasteiger partial charge is 0.340 e. The van der Waals surface area contributed by atoms with Crippen LogP contribution in [0.4, 0.5) is 0 Å². The van der Waals surface area contributed by atoms with Crippen LogP contribution in [0.5, 0.6) is 0 Å². The lowest BCUT2D eigenvalue weighted by atomic mass is 10.2. The molecular weight excluding hydrogens is 152 g/mol. The van der Waals surface area contributed by atoms with E-state index in [0.717, 1.165) is 17.7 Å². The molecule has 0 saturated carbocycles. The molecule has 0 bridgehead atoms. The molecule has 3 heteroatoms. The van der Waals surface area contributed by atoms with Gasteiger partial charge in [-0.05, 0) is 18.1 Å². The summed E-state index contributed by atoms with van der Waals surface area (Å²) < 4.78 is 1.89. The maximum absolute atomic E-state index is 10.9. The first kappa shape index (κ1) is 7.28. The zero-order chi connectivity index (χ0) is 8.55. The van der Waals surface area contributed by atoms with Crippen molar-refractivity contribution in [2.45, 2.75) is 12.8 Å². The number of allylic oxidation sites excluding steroid dienone is 2. The smallest absolute Gasteiger partial charge is 0.156 e. The molecule has 1 aliphatic carbocycles. The molecule has 0 spiro atoms. The molecule has 1 aromatic rings. The van der Waals surface area contributed by atoms with E-state index < -0.39 is 0 Å². The highest BCUT2D eigenvalue weighted by molar-refractivity contribution is 6.01. The van der Waals surface area contributed by atoms with E-state index in [2.05, 4.69) is 4.98 Å². The number of aryl methyl sites for hydroxylation is 1. The Hall–Kier alpha value is -1.38. The predicted molar refractivity (Wildman–Crippen MR) is 45.4 cm³/mol. The van der Waals surface area contributed by atoms with Gasteiger partial charge in [-0.1, -0.05) is 0 Å². The lowest BCUT2D eigenvalue weighted by Crippen LogP contribution is -1.80. The van der Waals surface area contributed by atoms with E-state index in [1.165, 1.54) is 0 Å². The van der Waals surface area contributed by atoms with Crippen LogP contribution < -0.4 is 0 Å². The first-order chi connectivity index (χ1) is 5.75. The number of ketones is 1. The second-order valence-corrected chi connectivity index (χ2v) is 3.06. The van der Waals surface area contributed by atoms with Gasteiger partial charge in [0, 0.05) is 19.7 Å². The molecule has 0 N–H and O–H groups in total. The van der Waals surface area contributed by atoms with Crippen molar-refractivity contribution in [3.05, 3.63) is 24.3 Å². The van der Waals surface area contributed by atoms with Crippen LogP contribution in [-0.2, 0) is 11.8 Å². The van der Waals surface area contributed by atoms with E-state index >= 15 is 0 Å². The molecule has 1 aliphatic rings. The molecule has 0 amide bonds. The summed E-state index contributed by atoms with van der Waals surface area (Å²) in [5, 5.41) is 0. The first-order valence-corrected chi connectivity index (χ1v) is 3.97. The van der Waals surface area contributed by atoms with Gasteiger partial charge in [-0.3, -0.25) is 4.79 Å². The van der Waals surface area contributed by atoms with E-state index in [0.29, 0.717) is 6.42 Å². The summed E-state index contributed by atoms with van der Waals surface area (Å²) in [6.07, 6.45) is 6.87. The van der Waals surface area contributed by atoms with Crippen molar-refractivity contribution >= 4 is 11.4 Å². The summed E-state index contributed by atoms with van der Waals surface area (Å²) in [5.41, 5.74) is 2.00. The molecule has 2 rings (SSSR count). The third kappa shape index (κ3) is 1.18. The van der Waals surface area contributed by atoms with Crippen molar-refractivity contribution in [1.29, 1.82) is 0 Å². The summed E-state index contributed by atoms with van der Waals surface area (Å²) in [6.45, 7) is 0. The minimum Gasteiger partial charge on any atom is -0.340 e. The van der Waals surface area contributed by atoms with E-state index in [-0.39, 0.29) is 5.78 Å². The normalized spacial score (nSPS) is 16.8. The highest BCUT2D eigenvalue weighted by Gasteiger charge is 2.14. The van der Waals surface area contributed by atoms with Crippen LogP contribution in [0.1, 0.15) is 18.5 Å². The van der Waals surface area contributed by atoms with Crippen molar-refractivity contribution in [3.8, 4) is 0 Å². The van der Waals surface area contributed by atoms with Crippen molar-refractivity contribution in [1.82, 2.24) is 9.55 Å². The average Bonchev–Trinajstić information content (AvgIpc) is 2.58. The monoisotopic (exact) mass is 162 g/mol. The first-order valence-electron chi connectivity index (χ1n) is 3.97. The van der Waals surface area contributed by atoms with Gasteiger partial charge < -0.3 is 4.57 Å². The SMILES string of the molecule is Cn1cnc(C2=CC(=O)CC2)c1. The Kier molecular flexibility index (Phi) is 1.57. The van der Waals surface area contributed by atoms with Gasteiger partial charge in [0.25, 0.3) is 0 Å². The fourth-order valence-corrected chi connectivity index (χ4v) is 1.38. The minimum absolute atomic E-state index is 0.218. The minimum atomic E-state index is 0.218. The zero-order valence-electron chi connectivity index (χ0n) is 6.95. The van der Waals surface area contributed by atoms with Gasteiger partial charge in [-0.25, -0.2) is 4.98 Å². The maximum Gasteiger partial charge on any atom is 0.156 e. The van der Waals surface area contributed by atoms with Crippen molar-refractivity contribution in [2.24, 2.45) is 7.05 Å². The van der Waals surface area contributed by atoms with Gasteiger partial charge in [0.05, 0.1) is 12.0 Å². The molecule has 0 atom stereocenters. The second-order valence-electron chi connectivity index (χ2n) is 3.06. The third-order valence-corrected chi connectivity index (χ3v) is 2.01. The Balaban J connectivity index is 2.32. The van der Waals surface area contributed by atoms with E-state index in [1.807, 2.05) is 17.8 Å². The molecular formula is C9H10N2O. The van der Waals surface area contributed by atoms with Gasteiger partial charge >= 0.3 is 0 Å². The molecule has 1 aromatic heterocycles. The van der Waals surface area contributed by atoms with Crippen LogP contribution in [0, 0.1) is 0 Å². The number of hydrogen-bond donors (Lipinski definition) is 0. The molecule has 0 aromatic carbocycles. The molecule has 0 radical (unpaired) electrons. The second kappa shape index (κ2) is 2.59. The fraction of sp³-hybridized carbons (Fsp3) is 0.333. The number of rotatable bonds is 1. The summed E-state index contributed by atoms with van der Waals surface area (Å²) >= 11 is 0. The van der Waals surface area contributed by atoms with Crippen molar-refractivity contribution in [3.63, 3.8) is 0 Å². The van der Waals surface area contributed by atoms with Gasteiger partial charge in [-0.15, -0.1) is 0 Å². The predicted octanol–water partition coefficient (Wildman–Crippen LogP) is 1.17. The lowest BCUT2D eigenvalue weighted by Gasteiger charge is -1.91. The molecule has 62 valence electrons. The average molecular weight is 162 g/mol. The quantitative estimate of drug-likeness (QED) is 0.621. The van der Waals surface area contributed by atoms with Crippen molar-refractivity contribution < 1.29 is 4.79 Å². The Morgan fingerprint density at radius 2 is 2.33 bits per heavy atom. The van der Waals surface area contributed by atoms with E-state index in [1.54, 1.807) is 12.4 Å². The summed E-state index contributed by atoms with van der Waals surface area (Å²) in [6, 6.07) is 0. The molecule has 0 aliphatic heterocycles. The van der Waals surface area contributed by atoms with Crippen LogP contribution >= 0.6 is 0 Å². The topological polar surface area (TPSA) is 34.9 Å². The summed E-state index contributed by atoms with van der Waals surface area (Å²) in [7, 11) is 1.92. The van der Waals surface area contributed by atoms with Crippen LogP contribution in [0.3, 0.4) is 0 Å². The maximum atomic E-state index is 10.9. The molecule has 1 heterocycles. The molecule has 3 nitrogen and oxygen atoms in total. The fourth-order valence-electron chi connectivity index (χ4n) is 1.38. The van der Waals surface area contributed by atoms with Crippen molar-refractivity contribution in [2.75, 3.05) is 0 Å². The van der Waals surface area contributed by atoms with Crippen LogP contribution in [0.25, 0.3) is 5.57 Å². The molecule has 0 saturated heterocycles. The van der Waals surface area contributed by atoms with E-state index in [4.69, 9.17) is 0 Å². The van der Waals surface area contributed by atoms with Gasteiger partial charge in [0.15, 0.2) is 5.78 Å². The number of aromatic nitrogens is 2. The van der Waals surface area contributed by atoms with E-state index in [9.17, 15) is 4.79 Å². The number of carbonyl (C=O) groups is 1. The number of nitrogens with zero attached hydrogens (tertiary/aromatic N) is 2. The highest BCUT2D eigenvalue weighted by Crippen LogP contribution is 2.23. The third-order valence-electron chi connectivity index (χ3n) is 2.01. The van der Waals surface area contributed by atoms with Gasteiger partial charge in [0.2, 0.25) is 0 Å². The number of carbonyl (C=O) groups excluding carboxylic acids is 1. The lowest BCUT2D eigenvalue weighted by molar-refractivity contribution is -0.114. The van der Waals surface area contributed by atoms with Gasteiger partial charge in [-0.2, -0.15) is 0 Å². The van der Waals surface area contributed by atoms with Crippen LogP contribution in [0.2, 0.25) is 0 Å². The Bertz CT molecular complexity index is 349. The highest BCUT2D eigenvalue weighted by atomic mass is 16.1. The zero-order valence-corrected chi connectivity index (χ0v) is 6.95. The molecule has 12 heavy (non-hydrogen) atoms. The Morgan fingerprint density at radius 3 is 2.83 bits per heavy atom. The number of imidazole rings is 1. The molecule has 0 unspecified atom stereocenters. The van der Waals surface area contributed by atoms with Gasteiger partial charge in [0.1, 0.15) is 0 Å². The standard InChI is InChI=1S/C9H10N2O/c1-11-5-9(10-6-11)7-2-3-8(12)4-7/h4-6H,2-3H2,1H3. The van der Waals surface area contributed by atoms with Crippen LogP contribution in [0.15, 0.2) is 18.6 Å². The Morgan fingerprint density at radius 1 is 1.50 bits per heavy atom. The molecule has 0 fully saturated rings.